The lowest BCUT2D eigenvalue weighted by atomic mass is 10.0. The Kier molecular flexibility index (Phi) is 6.17. The highest BCUT2D eigenvalue weighted by Crippen LogP contribution is 2.31. The molecule has 0 unspecified atom stereocenters. The molecule has 2 aromatic rings. The van der Waals surface area contributed by atoms with Gasteiger partial charge in [0.05, 0.1) is 13.7 Å². The second-order valence-corrected chi connectivity index (χ2v) is 7.99. The number of aromatic nitrogens is 2. The maximum atomic E-state index is 12.7. The summed E-state index contributed by atoms with van der Waals surface area (Å²) in [6, 6.07) is 7.67. The fourth-order valence-corrected chi connectivity index (χ4v) is 3.38. The molecule has 1 aliphatic carbocycles. The van der Waals surface area contributed by atoms with Crippen LogP contribution in [-0.2, 0) is 17.8 Å². The number of aromatic amines is 1. The Balaban J connectivity index is 1.80. The lowest BCUT2D eigenvalue weighted by Gasteiger charge is -2.24. The molecule has 0 saturated heterocycles. The lowest BCUT2D eigenvalue weighted by molar-refractivity contribution is -0.133. The number of hydrogen-bond donors (Lipinski definition) is 1. The summed E-state index contributed by atoms with van der Waals surface area (Å²) in [5.41, 5.74) is 2.19. The Morgan fingerprint density at radius 2 is 2.11 bits per heavy atom. The number of nitrogens with zero attached hydrogens (tertiary/aromatic N) is 2. The van der Waals surface area contributed by atoms with Gasteiger partial charge < -0.3 is 14.6 Å². The van der Waals surface area contributed by atoms with E-state index >= 15 is 0 Å². The molecule has 1 aromatic carbocycles. The van der Waals surface area contributed by atoms with Gasteiger partial charge in [-0.15, -0.1) is 0 Å². The van der Waals surface area contributed by atoms with Crippen LogP contribution < -0.4 is 10.3 Å². The van der Waals surface area contributed by atoms with Crippen molar-refractivity contribution in [3.63, 3.8) is 0 Å². The van der Waals surface area contributed by atoms with Crippen LogP contribution in [0.2, 0.25) is 0 Å². The van der Waals surface area contributed by atoms with Crippen molar-refractivity contribution in [2.24, 2.45) is 11.8 Å². The third-order valence-corrected chi connectivity index (χ3v) is 4.95. The molecule has 6 heteroatoms. The molecule has 0 atom stereocenters. The van der Waals surface area contributed by atoms with Crippen molar-refractivity contribution in [1.29, 1.82) is 0 Å². The standard InChI is InChI=1S/C22H29N3O3/c1-14(2)12-25(22(27)17-8-9-17)13-20-23-15(3)19(21(26)24-20)11-16-6-5-7-18(10-16)28-4/h5-7,10,14,17H,8-9,11-13H2,1-4H3,(H,23,24,26). The van der Waals surface area contributed by atoms with E-state index in [-0.39, 0.29) is 17.4 Å². The van der Waals surface area contributed by atoms with Crippen LogP contribution in [0.25, 0.3) is 0 Å². The third kappa shape index (κ3) is 5.00. The molecule has 28 heavy (non-hydrogen) atoms. The third-order valence-electron chi connectivity index (χ3n) is 4.95. The number of amides is 1. The van der Waals surface area contributed by atoms with Crippen molar-refractivity contribution in [1.82, 2.24) is 14.9 Å². The van der Waals surface area contributed by atoms with Crippen molar-refractivity contribution in [2.75, 3.05) is 13.7 Å². The largest absolute Gasteiger partial charge is 0.497 e. The Labute approximate surface area is 165 Å². The van der Waals surface area contributed by atoms with E-state index in [4.69, 9.17) is 4.74 Å². The Morgan fingerprint density at radius 1 is 1.36 bits per heavy atom. The average Bonchev–Trinajstić information content (AvgIpc) is 3.48. The number of carbonyl (C=O) groups is 1. The summed E-state index contributed by atoms with van der Waals surface area (Å²) in [4.78, 5) is 34.6. The van der Waals surface area contributed by atoms with E-state index in [2.05, 4.69) is 23.8 Å². The zero-order valence-electron chi connectivity index (χ0n) is 17.1. The summed E-state index contributed by atoms with van der Waals surface area (Å²) in [6.07, 6.45) is 2.42. The van der Waals surface area contributed by atoms with Crippen LogP contribution in [-0.4, -0.2) is 34.4 Å². The quantitative estimate of drug-likeness (QED) is 0.760. The molecule has 1 aliphatic rings. The number of rotatable bonds is 8. The van der Waals surface area contributed by atoms with E-state index in [9.17, 15) is 9.59 Å². The first-order valence-electron chi connectivity index (χ1n) is 9.87. The van der Waals surface area contributed by atoms with E-state index in [1.54, 1.807) is 7.11 Å². The molecule has 1 heterocycles. The maximum Gasteiger partial charge on any atom is 0.254 e. The van der Waals surface area contributed by atoms with Crippen molar-refractivity contribution in [3.8, 4) is 5.75 Å². The van der Waals surface area contributed by atoms with Crippen molar-refractivity contribution in [3.05, 3.63) is 57.3 Å². The molecular weight excluding hydrogens is 354 g/mol. The van der Waals surface area contributed by atoms with Gasteiger partial charge in [-0.05, 0) is 43.4 Å². The predicted octanol–water partition coefficient (Wildman–Crippen LogP) is 3.07. The molecule has 0 bridgehead atoms. The van der Waals surface area contributed by atoms with Gasteiger partial charge in [0.1, 0.15) is 11.6 Å². The first-order chi connectivity index (χ1) is 13.4. The van der Waals surface area contributed by atoms with Gasteiger partial charge in [-0.3, -0.25) is 9.59 Å². The lowest BCUT2D eigenvalue weighted by Crippen LogP contribution is -2.36. The van der Waals surface area contributed by atoms with E-state index in [1.807, 2.05) is 36.1 Å². The van der Waals surface area contributed by atoms with E-state index in [0.29, 0.717) is 42.5 Å². The predicted molar refractivity (Wildman–Crippen MR) is 108 cm³/mol. The summed E-state index contributed by atoms with van der Waals surface area (Å²) in [5, 5.41) is 0. The van der Waals surface area contributed by atoms with Gasteiger partial charge in [0, 0.05) is 30.1 Å². The number of hydrogen-bond acceptors (Lipinski definition) is 4. The SMILES string of the molecule is COc1cccc(Cc2c(C)nc(CN(CC(C)C)C(=O)C3CC3)[nH]c2=O)c1. The van der Waals surface area contributed by atoms with Crippen LogP contribution in [0.5, 0.6) is 5.75 Å². The smallest absolute Gasteiger partial charge is 0.254 e. The van der Waals surface area contributed by atoms with Crippen LogP contribution in [0.15, 0.2) is 29.1 Å². The van der Waals surface area contributed by atoms with Crippen LogP contribution in [0.3, 0.4) is 0 Å². The average molecular weight is 383 g/mol. The Morgan fingerprint density at radius 3 is 2.71 bits per heavy atom. The number of benzene rings is 1. The molecule has 6 nitrogen and oxygen atoms in total. The summed E-state index contributed by atoms with van der Waals surface area (Å²) < 4.78 is 5.26. The normalized spacial score (nSPS) is 13.6. The van der Waals surface area contributed by atoms with Gasteiger partial charge in [0.2, 0.25) is 5.91 Å². The molecule has 0 aliphatic heterocycles. The number of methoxy groups -OCH3 is 1. The number of H-pyrrole nitrogens is 1. The molecule has 150 valence electrons. The number of aryl methyl sites for hydroxylation is 1. The van der Waals surface area contributed by atoms with Gasteiger partial charge in [-0.25, -0.2) is 4.98 Å². The second-order valence-electron chi connectivity index (χ2n) is 7.99. The maximum absolute atomic E-state index is 12.7. The minimum absolute atomic E-state index is 0.145. The van der Waals surface area contributed by atoms with Gasteiger partial charge >= 0.3 is 0 Å². The highest BCUT2D eigenvalue weighted by atomic mass is 16.5. The second kappa shape index (κ2) is 8.59. The summed E-state index contributed by atoms with van der Waals surface area (Å²) >= 11 is 0. The van der Waals surface area contributed by atoms with Gasteiger partial charge in [-0.2, -0.15) is 0 Å². The summed E-state index contributed by atoms with van der Waals surface area (Å²) in [5.74, 6) is 2.00. The monoisotopic (exact) mass is 383 g/mol. The zero-order chi connectivity index (χ0) is 20.3. The molecule has 1 aromatic heterocycles. The van der Waals surface area contributed by atoms with Crippen LogP contribution in [0.1, 0.15) is 49.3 Å². The number of nitrogens with one attached hydrogen (secondary N) is 1. The first-order valence-corrected chi connectivity index (χ1v) is 9.87. The van der Waals surface area contributed by atoms with Crippen molar-refractivity contribution >= 4 is 5.91 Å². The highest BCUT2D eigenvalue weighted by molar-refractivity contribution is 5.81. The highest BCUT2D eigenvalue weighted by Gasteiger charge is 2.33. The molecule has 0 spiro atoms. The van der Waals surface area contributed by atoms with Gasteiger partial charge in [-0.1, -0.05) is 26.0 Å². The fourth-order valence-electron chi connectivity index (χ4n) is 3.38. The fraction of sp³-hybridized carbons (Fsp3) is 0.500. The van der Waals surface area contributed by atoms with E-state index < -0.39 is 0 Å². The van der Waals surface area contributed by atoms with E-state index in [0.717, 1.165) is 24.2 Å². The Bertz CT molecular complexity index is 900. The van der Waals surface area contributed by atoms with Crippen LogP contribution >= 0.6 is 0 Å². The summed E-state index contributed by atoms with van der Waals surface area (Å²) in [7, 11) is 1.62. The molecule has 3 rings (SSSR count). The number of ether oxygens (including phenoxy) is 1. The molecule has 0 radical (unpaired) electrons. The summed E-state index contributed by atoms with van der Waals surface area (Å²) in [6.45, 7) is 7.05. The van der Waals surface area contributed by atoms with Crippen LogP contribution in [0, 0.1) is 18.8 Å². The minimum Gasteiger partial charge on any atom is -0.497 e. The van der Waals surface area contributed by atoms with Gasteiger partial charge in [0.15, 0.2) is 0 Å². The molecule has 1 saturated carbocycles. The van der Waals surface area contributed by atoms with Crippen LogP contribution in [0.4, 0.5) is 0 Å². The molecule has 1 fully saturated rings. The zero-order valence-corrected chi connectivity index (χ0v) is 17.1. The molecule has 1 N–H and O–H groups in total. The number of carbonyl (C=O) groups excluding carboxylic acids is 1. The van der Waals surface area contributed by atoms with Gasteiger partial charge in [0.25, 0.3) is 5.56 Å². The molecular formula is C22H29N3O3. The Hall–Kier alpha value is -2.63. The first kappa shape index (κ1) is 20.1. The molecule has 1 amide bonds. The topological polar surface area (TPSA) is 75.3 Å². The minimum atomic E-state index is -0.145. The van der Waals surface area contributed by atoms with Crippen molar-refractivity contribution in [2.45, 2.75) is 46.6 Å². The van der Waals surface area contributed by atoms with Crippen molar-refractivity contribution < 1.29 is 9.53 Å². The van der Waals surface area contributed by atoms with E-state index in [1.165, 1.54) is 0 Å².